The molecule has 240 valence electrons. The minimum atomic E-state index is -0.813. The molecule has 0 amide bonds. The lowest BCUT2D eigenvalue weighted by atomic mass is 10.00. The summed E-state index contributed by atoms with van der Waals surface area (Å²) in [4.78, 5) is 24.0. The first kappa shape index (κ1) is 39.6. The van der Waals surface area contributed by atoms with Gasteiger partial charge in [0.05, 0.1) is 12.7 Å². The predicted molar refractivity (Wildman–Crippen MR) is 174 cm³/mol. The standard InChI is InChI=1S/C36H60O6/c1-4-6-26-33(38)27-22-18-13-11-9-7-8-10-12-14-20-24-29-36(40)42-34(30-37)31-41-35(39)28-23-19-16-15-17-21-25-32(3)5-2/h6-8,11-14,18,22,26,32-34,37-38H,4-5,9-10,15-17,19-21,23-25,27-31H2,1-3H3/b8-7-,13-11-,14-12-,22-18+,26-6-/t32?,33?,34-/m0/s1. The Morgan fingerprint density at radius 1 is 0.762 bits per heavy atom. The molecule has 0 aromatic carbocycles. The molecule has 6 nitrogen and oxygen atoms in total. The fourth-order valence-corrected chi connectivity index (χ4v) is 4.05. The molecule has 0 spiro atoms. The molecule has 0 rings (SSSR count). The zero-order valence-electron chi connectivity index (χ0n) is 26.8. The Balaban J connectivity index is 3.81. The SMILES string of the molecule is CC/C=C\C(O)C/C=C/C=C\C/C=C\C/C=C\CCCC(=O)O[C@@H](CO)COC(=O)CCCCCCCCC(C)CC. The van der Waals surface area contributed by atoms with E-state index in [1.54, 1.807) is 0 Å². The highest BCUT2D eigenvalue weighted by atomic mass is 16.6. The third-order valence-corrected chi connectivity index (χ3v) is 6.94. The molecular formula is C36H60O6. The van der Waals surface area contributed by atoms with Gasteiger partial charge in [0.15, 0.2) is 6.10 Å². The zero-order chi connectivity index (χ0) is 31.1. The number of allylic oxidation sites excluding steroid dienone is 8. The van der Waals surface area contributed by atoms with Gasteiger partial charge in [-0.15, -0.1) is 0 Å². The van der Waals surface area contributed by atoms with Crippen molar-refractivity contribution < 1.29 is 29.3 Å². The molecule has 2 N–H and O–H groups in total. The van der Waals surface area contributed by atoms with Crippen LogP contribution in [0, 0.1) is 5.92 Å². The van der Waals surface area contributed by atoms with Crippen LogP contribution in [-0.2, 0) is 19.1 Å². The Kier molecular flexibility index (Phi) is 28.3. The molecule has 6 heteroatoms. The Bertz CT molecular complexity index is 795. The highest BCUT2D eigenvalue weighted by molar-refractivity contribution is 5.70. The molecule has 0 saturated heterocycles. The molecule has 0 aliphatic heterocycles. The topological polar surface area (TPSA) is 93.1 Å². The van der Waals surface area contributed by atoms with Crippen LogP contribution in [0.4, 0.5) is 0 Å². The second kappa shape index (κ2) is 30.0. The first-order valence-corrected chi connectivity index (χ1v) is 16.3. The molecule has 0 aliphatic rings. The second-order valence-electron chi connectivity index (χ2n) is 11.0. The number of carbonyl (C=O) groups excluding carboxylic acids is 2. The van der Waals surface area contributed by atoms with Crippen molar-refractivity contribution in [2.75, 3.05) is 13.2 Å². The van der Waals surface area contributed by atoms with Crippen molar-refractivity contribution in [1.82, 2.24) is 0 Å². The molecule has 0 aromatic heterocycles. The molecule has 0 heterocycles. The summed E-state index contributed by atoms with van der Waals surface area (Å²) in [6, 6.07) is 0. The van der Waals surface area contributed by atoms with Crippen molar-refractivity contribution in [3.63, 3.8) is 0 Å². The van der Waals surface area contributed by atoms with Crippen LogP contribution in [0.1, 0.15) is 124 Å². The highest BCUT2D eigenvalue weighted by Crippen LogP contribution is 2.14. The highest BCUT2D eigenvalue weighted by Gasteiger charge is 2.15. The Labute approximate surface area is 256 Å². The summed E-state index contributed by atoms with van der Waals surface area (Å²) in [5.74, 6) is 0.121. The van der Waals surface area contributed by atoms with E-state index in [-0.39, 0.29) is 31.6 Å². The number of aliphatic hydroxyl groups is 2. The van der Waals surface area contributed by atoms with Gasteiger partial charge in [-0.1, -0.05) is 126 Å². The number of esters is 2. The molecule has 0 saturated carbocycles. The first-order valence-electron chi connectivity index (χ1n) is 16.3. The van der Waals surface area contributed by atoms with Gasteiger partial charge in [-0.25, -0.2) is 0 Å². The fraction of sp³-hybridized carbons (Fsp3) is 0.667. The van der Waals surface area contributed by atoms with Crippen LogP contribution in [-0.4, -0.2) is 47.6 Å². The maximum atomic E-state index is 12.1. The van der Waals surface area contributed by atoms with E-state index in [1.807, 2.05) is 43.4 Å². The third kappa shape index (κ3) is 27.7. The summed E-state index contributed by atoms with van der Waals surface area (Å²) >= 11 is 0. The van der Waals surface area contributed by atoms with Crippen LogP contribution in [0.25, 0.3) is 0 Å². The van der Waals surface area contributed by atoms with Crippen LogP contribution >= 0.6 is 0 Å². The molecule has 3 atom stereocenters. The van der Waals surface area contributed by atoms with Crippen LogP contribution in [0.5, 0.6) is 0 Å². The Morgan fingerprint density at radius 3 is 2.12 bits per heavy atom. The summed E-state index contributed by atoms with van der Waals surface area (Å²) in [7, 11) is 0. The van der Waals surface area contributed by atoms with E-state index >= 15 is 0 Å². The smallest absolute Gasteiger partial charge is 0.306 e. The van der Waals surface area contributed by atoms with Gasteiger partial charge in [0, 0.05) is 12.8 Å². The molecule has 2 unspecified atom stereocenters. The van der Waals surface area contributed by atoms with Gasteiger partial charge in [-0.2, -0.15) is 0 Å². The van der Waals surface area contributed by atoms with E-state index in [0.29, 0.717) is 19.3 Å². The summed E-state index contributed by atoms with van der Waals surface area (Å²) in [6.07, 6.45) is 33.4. The molecule has 0 aliphatic carbocycles. The molecule has 0 fully saturated rings. The van der Waals surface area contributed by atoms with Gasteiger partial charge in [-0.3, -0.25) is 9.59 Å². The molecule has 42 heavy (non-hydrogen) atoms. The summed E-state index contributed by atoms with van der Waals surface area (Å²) < 4.78 is 10.5. The minimum absolute atomic E-state index is 0.103. The number of carbonyl (C=O) groups is 2. The van der Waals surface area contributed by atoms with Crippen LogP contribution in [0.15, 0.2) is 60.8 Å². The Hall–Kier alpha value is -2.44. The second-order valence-corrected chi connectivity index (χ2v) is 11.0. The number of hydrogen-bond acceptors (Lipinski definition) is 6. The lowest BCUT2D eigenvalue weighted by molar-refractivity contribution is -0.161. The monoisotopic (exact) mass is 588 g/mol. The van der Waals surface area contributed by atoms with Gasteiger partial charge in [-0.05, 0) is 50.9 Å². The predicted octanol–water partition coefficient (Wildman–Crippen LogP) is 8.49. The van der Waals surface area contributed by atoms with Crippen molar-refractivity contribution in [3.05, 3.63) is 60.8 Å². The van der Waals surface area contributed by atoms with Crippen molar-refractivity contribution in [2.45, 2.75) is 136 Å². The Morgan fingerprint density at radius 2 is 1.40 bits per heavy atom. The lowest BCUT2D eigenvalue weighted by Crippen LogP contribution is -2.28. The molecule has 0 radical (unpaired) electrons. The van der Waals surface area contributed by atoms with Gasteiger partial charge < -0.3 is 19.7 Å². The van der Waals surface area contributed by atoms with Gasteiger partial charge in [0.25, 0.3) is 0 Å². The maximum absolute atomic E-state index is 12.1. The fourth-order valence-electron chi connectivity index (χ4n) is 4.05. The largest absolute Gasteiger partial charge is 0.462 e. The summed E-state index contributed by atoms with van der Waals surface area (Å²) in [5.41, 5.74) is 0. The van der Waals surface area contributed by atoms with E-state index in [9.17, 15) is 19.8 Å². The van der Waals surface area contributed by atoms with E-state index < -0.39 is 12.2 Å². The van der Waals surface area contributed by atoms with E-state index in [1.165, 1.54) is 32.1 Å². The average molecular weight is 589 g/mol. The number of ether oxygens (including phenoxy) is 2. The van der Waals surface area contributed by atoms with Crippen molar-refractivity contribution >= 4 is 11.9 Å². The van der Waals surface area contributed by atoms with Crippen LogP contribution in [0.3, 0.4) is 0 Å². The maximum Gasteiger partial charge on any atom is 0.306 e. The number of hydrogen-bond donors (Lipinski definition) is 2. The quantitative estimate of drug-likeness (QED) is 0.0433. The van der Waals surface area contributed by atoms with Gasteiger partial charge in [0.1, 0.15) is 6.61 Å². The molecule has 0 bridgehead atoms. The van der Waals surface area contributed by atoms with Crippen LogP contribution in [0.2, 0.25) is 0 Å². The molecular weight excluding hydrogens is 528 g/mol. The van der Waals surface area contributed by atoms with Gasteiger partial charge >= 0.3 is 11.9 Å². The van der Waals surface area contributed by atoms with Crippen molar-refractivity contribution in [2.24, 2.45) is 5.92 Å². The van der Waals surface area contributed by atoms with Crippen molar-refractivity contribution in [3.8, 4) is 0 Å². The minimum Gasteiger partial charge on any atom is -0.462 e. The number of aliphatic hydroxyl groups excluding tert-OH is 2. The van der Waals surface area contributed by atoms with Gasteiger partial charge in [0.2, 0.25) is 0 Å². The van der Waals surface area contributed by atoms with E-state index in [2.05, 4.69) is 38.2 Å². The van der Waals surface area contributed by atoms with Crippen LogP contribution < -0.4 is 0 Å². The number of unbranched alkanes of at least 4 members (excludes halogenated alkanes) is 6. The normalized spacial score (nSPS) is 14.5. The summed E-state index contributed by atoms with van der Waals surface area (Å²) in [6.45, 7) is 6.12. The zero-order valence-corrected chi connectivity index (χ0v) is 26.8. The van der Waals surface area contributed by atoms with E-state index in [0.717, 1.165) is 50.9 Å². The van der Waals surface area contributed by atoms with E-state index in [4.69, 9.17) is 9.47 Å². The summed E-state index contributed by atoms with van der Waals surface area (Å²) in [5, 5.41) is 19.2. The molecule has 0 aromatic rings. The third-order valence-electron chi connectivity index (χ3n) is 6.94. The average Bonchev–Trinajstić information content (AvgIpc) is 2.99. The first-order chi connectivity index (χ1) is 20.4. The van der Waals surface area contributed by atoms with Crippen molar-refractivity contribution in [1.29, 1.82) is 0 Å². The lowest BCUT2D eigenvalue weighted by Gasteiger charge is -2.15. The number of rotatable bonds is 27.